The number of carbonyl (C=O) groups is 3. The highest BCUT2D eigenvalue weighted by atomic mass is 35.5. The normalized spacial score (nSPS) is 14.6. The van der Waals surface area contributed by atoms with Crippen LogP contribution in [-0.2, 0) is 9.59 Å². The third-order valence-electron chi connectivity index (χ3n) is 4.63. The summed E-state index contributed by atoms with van der Waals surface area (Å²) in [4.78, 5) is 39.2. The van der Waals surface area contributed by atoms with Gasteiger partial charge in [0.2, 0.25) is 0 Å². The number of nitrogens with one attached hydrogen (secondary N) is 1. The molecule has 10 heteroatoms. The van der Waals surface area contributed by atoms with Crippen molar-refractivity contribution >= 4 is 41.2 Å². The lowest BCUT2D eigenvalue weighted by Crippen LogP contribution is -2.54. The number of halogens is 1. The van der Waals surface area contributed by atoms with Crippen LogP contribution in [0.25, 0.3) is 6.08 Å². The molecule has 0 spiro atoms. The minimum Gasteiger partial charge on any atom is -0.497 e. The van der Waals surface area contributed by atoms with Crippen molar-refractivity contribution in [2.24, 2.45) is 0 Å². The summed E-state index contributed by atoms with van der Waals surface area (Å²) < 4.78 is 21.2. The Hall–Kier alpha value is -4.16. The van der Waals surface area contributed by atoms with Gasteiger partial charge in [-0.2, -0.15) is 0 Å². The molecule has 0 radical (unpaired) electrons. The molecule has 1 N–H and O–H groups in total. The second kappa shape index (κ2) is 9.97. The fourth-order valence-electron chi connectivity index (χ4n) is 3.06. The SMILES string of the molecule is C#CCOc1cc(OC)ccc1/C=C1\C(=O)NC(=O)N(c2cc(OC)c(Cl)cc2OC)C1=O. The van der Waals surface area contributed by atoms with Crippen LogP contribution in [0.5, 0.6) is 23.0 Å². The third-order valence-corrected chi connectivity index (χ3v) is 4.92. The number of anilines is 1. The zero-order chi connectivity index (χ0) is 24.1. The first-order valence-corrected chi connectivity index (χ1v) is 9.79. The van der Waals surface area contributed by atoms with Crippen molar-refractivity contribution in [2.45, 2.75) is 0 Å². The Morgan fingerprint density at radius 2 is 1.76 bits per heavy atom. The van der Waals surface area contributed by atoms with Gasteiger partial charge in [0.15, 0.2) is 0 Å². The molecule has 3 rings (SSSR count). The maximum Gasteiger partial charge on any atom is 0.336 e. The molecule has 4 amide bonds. The van der Waals surface area contributed by atoms with E-state index in [9.17, 15) is 14.4 Å². The summed E-state index contributed by atoms with van der Waals surface area (Å²) in [5.74, 6) is 1.69. The lowest BCUT2D eigenvalue weighted by molar-refractivity contribution is -0.122. The maximum atomic E-state index is 13.3. The van der Waals surface area contributed by atoms with Gasteiger partial charge in [-0.15, -0.1) is 6.42 Å². The van der Waals surface area contributed by atoms with E-state index in [0.29, 0.717) is 11.3 Å². The van der Waals surface area contributed by atoms with E-state index in [1.807, 2.05) is 0 Å². The molecule has 1 heterocycles. The summed E-state index contributed by atoms with van der Waals surface area (Å²) in [7, 11) is 4.21. The molecule has 2 aromatic rings. The molecule has 0 bridgehead atoms. The summed E-state index contributed by atoms with van der Waals surface area (Å²) in [6.45, 7) is -0.0458. The first-order chi connectivity index (χ1) is 15.8. The predicted molar refractivity (Wildman–Crippen MR) is 121 cm³/mol. The number of hydrogen-bond acceptors (Lipinski definition) is 7. The van der Waals surface area contributed by atoms with Crippen molar-refractivity contribution in [3.63, 3.8) is 0 Å². The van der Waals surface area contributed by atoms with Crippen LogP contribution in [0.4, 0.5) is 10.5 Å². The van der Waals surface area contributed by atoms with Crippen molar-refractivity contribution in [3.05, 3.63) is 46.5 Å². The van der Waals surface area contributed by atoms with Gasteiger partial charge in [-0.25, -0.2) is 9.69 Å². The minimum absolute atomic E-state index is 0.0400. The Morgan fingerprint density at radius 3 is 2.39 bits per heavy atom. The number of nitrogens with zero attached hydrogens (tertiary/aromatic N) is 1. The first-order valence-electron chi connectivity index (χ1n) is 9.41. The highest BCUT2D eigenvalue weighted by Crippen LogP contribution is 2.39. The number of rotatable bonds is 7. The van der Waals surface area contributed by atoms with Gasteiger partial charge in [-0.1, -0.05) is 17.5 Å². The molecule has 170 valence electrons. The van der Waals surface area contributed by atoms with E-state index in [1.165, 1.54) is 39.5 Å². The van der Waals surface area contributed by atoms with Crippen LogP contribution in [-0.4, -0.2) is 45.8 Å². The van der Waals surface area contributed by atoms with Crippen molar-refractivity contribution in [1.29, 1.82) is 0 Å². The van der Waals surface area contributed by atoms with E-state index < -0.39 is 17.8 Å². The highest BCUT2D eigenvalue weighted by Gasteiger charge is 2.38. The minimum atomic E-state index is -0.955. The van der Waals surface area contributed by atoms with Crippen LogP contribution in [0.15, 0.2) is 35.9 Å². The fourth-order valence-corrected chi connectivity index (χ4v) is 3.29. The number of methoxy groups -OCH3 is 3. The van der Waals surface area contributed by atoms with Crippen LogP contribution in [0.2, 0.25) is 5.02 Å². The summed E-state index contributed by atoms with van der Waals surface area (Å²) in [5.41, 5.74) is 0.0963. The smallest absolute Gasteiger partial charge is 0.336 e. The Labute approximate surface area is 194 Å². The molecular formula is C23H19ClN2O7. The number of carbonyl (C=O) groups excluding carboxylic acids is 3. The summed E-state index contributed by atoms with van der Waals surface area (Å²) in [5, 5.41) is 2.36. The molecular weight excluding hydrogens is 452 g/mol. The number of amides is 4. The molecule has 0 aromatic heterocycles. The summed E-state index contributed by atoms with van der Waals surface area (Å²) in [6.07, 6.45) is 6.56. The van der Waals surface area contributed by atoms with Gasteiger partial charge in [-0.3, -0.25) is 14.9 Å². The summed E-state index contributed by atoms with van der Waals surface area (Å²) >= 11 is 6.12. The molecule has 0 atom stereocenters. The van der Waals surface area contributed by atoms with Gasteiger partial charge in [0.1, 0.15) is 35.2 Å². The van der Waals surface area contributed by atoms with Crippen molar-refractivity contribution in [2.75, 3.05) is 32.8 Å². The largest absolute Gasteiger partial charge is 0.497 e. The Morgan fingerprint density at radius 1 is 1.03 bits per heavy atom. The highest BCUT2D eigenvalue weighted by molar-refractivity contribution is 6.39. The van der Waals surface area contributed by atoms with Crippen molar-refractivity contribution in [1.82, 2.24) is 5.32 Å². The maximum absolute atomic E-state index is 13.3. The lowest BCUT2D eigenvalue weighted by Gasteiger charge is -2.28. The van der Waals surface area contributed by atoms with Gasteiger partial charge in [0.25, 0.3) is 11.8 Å². The molecule has 1 fully saturated rings. The van der Waals surface area contributed by atoms with E-state index in [1.54, 1.807) is 18.2 Å². The van der Waals surface area contributed by atoms with Gasteiger partial charge in [0.05, 0.1) is 32.0 Å². The monoisotopic (exact) mass is 470 g/mol. The fraction of sp³-hybridized carbons (Fsp3) is 0.174. The van der Waals surface area contributed by atoms with E-state index in [0.717, 1.165) is 4.90 Å². The molecule has 0 unspecified atom stereocenters. The molecule has 0 saturated carbocycles. The number of ether oxygens (including phenoxy) is 4. The first kappa shape index (κ1) is 23.5. The van der Waals surface area contributed by atoms with Gasteiger partial charge >= 0.3 is 6.03 Å². The quantitative estimate of drug-likeness (QED) is 0.377. The van der Waals surface area contributed by atoms with Crippen molar-refractivity contribution < 1.29 is 33.3 Å². The third kappa shape index (κ3) is 4.71. The number of hydrogen-bond donors (Lipinski definition) is 1. The van der Waals surface area contributed by atoms with Gasteiger partial charge < -0.3 is 18.9 Å². The lowest BCUT2D eigenvalue weighted by atomic mass is 10.1. The average Bonchev–Trinajstić information content (AvgIpc) is 2.81. The molecule has 33 heavy (non-hydrogen) atoms. The summed E-state index contributed by atoms with van der Waals surface area (Å²) in [6, 6.07) is 6.57. The molecule has 1 aliphatic heterocycles. The number of imide groups is 2. The number of urea groups is 1. The molecule has 1 saturated heterocycles. The number of barbiturate groups is 1. The van der Waals surface area contributed by atoms with Crippen LogP contribution >= 0.6 is 11.6 Å². The second-order valence-electron chi connectivity index (χ2n) is 6.51. The van der Waals surface area contributed by atoms with Crippen LogP contribution in [0, 0.1) is 12.3 Å². The second-order valence-corrected chi connectivity index (χ2v) is 6.92. The topological polar surface area (TPSA) is 103 Å². The Bertz CT molecular complexity index is 1200. The molecule has 1 aliphatic rings. The number of terminal acetylenes is 1. The van der Waals surface area contributed by atoms with E-state index in [2.05, 4.69) is 11.2 Å². The Kier molecular flexibility index (Phi) is 7.10. The average molecular weight is 471 g/mol. The zero-order valence-corrected chi connectivity index (χ0v) is 18.7. The van der Waals surface area contributed by atoms with E-state index >= 15 is 0 Å². The van der Waals surface area contributed by atoms with Crippen molar-refractivity contribution in [3.8, 4) is 35.3 Å². The standard InChI is InChI=1S/C23H19ClN2O7/c1-5-8-33-18-10-14(30-2)7-6-13(18)9-15-21(27)25-23(29)26(22(15)28)17-12-19(31-3)16(24)11-20(17)32-4/h1,6-7,9-12H,8H2,2-4H3,(H,25,27,29)/b15-9+. The molecule has 0 aliphatic carbocycles. The van der Waals surface area contributed by atoms with E-state index in [4.69, 9.17) is 37.0 Å². The molecule has 2 aromatic carbocycles. The van der Waals surface area contributed by atoms with Gasteiger partial charge in [-0.05, 0) is 18.2 Å². The van der Waals surface area contributed by atoms with E-state index in [-0.39, 0.29) is 40.1 Å². The van der Waals surface area contributed by atoms with Crippen LogP contribution in [0.1, 0.15) is 5.56 Å². The van der Waals surface area contributed by atoms with Gasteiger partial charge in [0, 0.05) is 23.8 Å². The Balaban J connectivity index is 2.11. The number of benzene rings is 2. The van der Waals surface area contributed by atoms with Crippen LogP contribution in [0.3, 0.4) is 0 Å². The van der Waals surface area contributed by atoms with Crippen LogP contribution < -0.4 is 29.2 Å². The predicted octanol–water partition coefficient (Wildman–Crippen LogP) is 3.04. The zero-order valence-electron chi connectivity index (χ0n) is 17.9. The molecule has 9 nitrogen and oxygen atoms in total.